The molecule has 2 N–H and O–H groups in total. The monoisotopic (exact) mass is 385 g/mol. The molecule has 0 radical (unpaired) electrons. The Bertz CT molecular complexity index is 834. The molecule has 1 heterocycles. The first-order valence-corrected chi connectivity index (χ1v) is 9.55. The Morgan fingerprint density at radius 2 is 1.89 bits per heavy atom. The topological polar surface area (TPSA) is 61.4 Å². The number of fused-ring (bicyclic) bond motifs is 1. The normalized spacial score (nSPS) is 13.3. The second-order valence-corrected chi connectivity index (χ2v) is 7.46. The zero-order valence-electron chi connectivity index (χ0n) is 15.6. The van der Waals surface area contributed by atoms with Crippen LogP contribution in [0.15, 0.2) is 42.5 Å². The van der Waals surface area contributed by atoms with Gasteiger partial charge < -0.3 is 15.5 Å². The highest BCUT2D eigenvalue weighted by molar-refractivity contribution is 6.30. The molecule has 1 aliphatic heterocycles. The van der Waals surface area contributed by atoms with E-state index < -0.39 is 0 Å². The fourth-order valence-corrected chi connectivity index (χ4v) is 3.28. The number of hydrogen-bond donors (Lipinski definition) is 2. The van der Waals surface area contributed by atoms with Gasteiger partial charge in [0.2, 0.25) is 5.91 Å². The van der Waals surface area contributed by atoms with Crippen LogP contribution in [-0.4, -0.2) is 18.5 Å². The van der Waals surface area contributed by atoms with Gasteiger partial charge in [0.1, 0.15) is 0 Å². The molecule has 27 heavy (non-hydrogen) atoms. The number of urea groups is 1. The molecule has 0 saturated heterocycles. The van der Waals surface area contributed by atoms with Crippen molar-refractivity contribution in [1.82, 2.24) is 5.32 Å². The fourth-order valence-electron chi connectivity index (χ4n) is 3.15. The van der Waals surface area contributed by atoms with Crippen LogP contribution in [0.5, 0.6) is 0 Å². The van der Waals surface area contributed by atoms with E-state index in [-0.39, 0.29) is 17.9 Å². The standard InChI is InChI=1S/C21H24ClN3O2/c1-14(2)20(26)25-11-3-4-16-7-10-18(12-19(16)25)24-21(27)23-13-15-5-8-17(22)9-6-15/h5-10,12,14H,3-4,11,13H2,1-2H3,(H2,23,24,27). The number of rotatable bonds is 4. The predicted molar refractivity (Wildman–Crippen MR) is 109 cm³/mol. The summed E-state index contributed by atoms with van der Waals surface area (Å²) in [5.74, 6) is 0.0514. The highest BCUT2D eigenvalue weighted by atomic mass is 35.5. The average molecular weight is 386 g/mol. The lowest BCUT2D eigenvalue weighted by Gasteiger charge is -2.31. The molecule has 0 spiro atoms. The van der Waals surface area contributed by atoms with Crippen molar-refractivity contribution in [3.8, 4) is 0 Å². The Morgan fingerprint density at radius 1 is 1.15 bits per heavy atom. The number of carbonyl (C=O) groups excluding carboxylic acids is 2. The predicted octanol–water partition coefficient (Wildman–Crippen LogP) is 4.60. The summed E-state index contributed by atoms with van der Waals surface area (Å²) in [6.07, 6.45) is 1.90. The molecule has 0 aliphatic carbocycles. The molecule has 1 aliphatic rings. The largest absolute Gasteiger partial charge is 0.334 e. The maximum Gasteiger partial charge on any atom is 0.319 e. The quantitative estimate of drug-likeness (QED) is 0.808. The third kappa shape index (κ3) is 4.80. The first kappa shape index (κ1) is 19.2. The highest BCUT2D eigenvalue weighted by Crippen LogP contribution is 2.31. The second-order valence-electron chi connectivity index (χ2n) is 7.03. The van der Waals surface area contributed by atoms with Crippen LogP contribution in [0.4, 0.5) is 16.2 Å². The number of anilines is 2. The van der Waals surface area contributed by atoms with Crippen LogP contribution in [0.1, 0.15) is 31.4 Å². The molecule has 3 rings (SSSR count). The summed E-state index contributed by atoms with van der Waals surface area (Å²) in [6, 6.07) is 12.8. The van der Waals surface area contributed by atoms with Crippen LogP contribution in [0, 0.1) is 5.92 Å². The Hall–Kier alpha value is -2.53. The van der Waals surface area contributed by atoms with E-state index >= 15 is 0 Å². The second kappa shape index (κ2) is 8.44. The van der Waals surface area contributed by atoms with Gasteiger partial charge in [-0.15, -0.1) is 0 Å². The van der Waals surface area contributed by atoms with E-state index in [2.05, 4.69) is 10.6 Å². The van der Waals surface area contributed by atoms with Gasteiger partial charge in [0.15, 0.2) is 0 Å². The first-order chi connectivity index (χ1) is 12.9. The van der Waals surface area contributed by atoms with Crippen LogP contribution >= 0.6 is 11.6 Å². The highest BCUT2D eigenvalue weighted by Gasteiger charge is 2.24. The van der Waals surface area contributed by atoms with Gasteiger partial charge >= 0.3 is 6.03 Å². The van der Waals surface area contributed by atoms with Crippen LogP contribution in [-0.2, 0) is 17.8 Å². The molecule has 0 fully saturated rings. The first-order valence-electron chi connectivity index (χ1n) is 9.17. The average Bonchev–Trinajstić information content (AvgIpc) is 2.66. The molecule has 6 heteroatoms. The van der Waals surface area contributed by atoms with E-state index in [1.165, 1.54) is 0 Å². The number of aryl methyl sites for hydroxylation is 1. The summed E-state index contributed by atoms with van der Waals surface area (Å²) in [4.78, 5) is 26.5. The lowest BCUT2D eigenvalue weighted by molar-refractivity contribution is -0.121. The number of halogens is 1. The molecular formula is C21H24ClN3O2. The van der Waals surface area contributed by atoms with Gasteiger partial charge in [0.05, 0.1) is 0 Å². The molecule has 5 nitrogen and oxygen atoms in total. The van der Waals surface area contributed by atoms with Crippen molar-refractivity contribution in [2.75, 3.05) is 16.8 Å². The SMILES string of the molecule is CC(C)C(=O)N1CCCc2ccc(NC(=O)NCc3ccc(Cl)cc3)cc21. The van der Waals surface area contributed by atoms with Crippen LogP contribution in [0.2, 0.25) is 5.02 Å². The third-order valence-corrected chi connectivity index (χ3v) is 4.84. The molecule has 0 saturated carbocycles. The molecule has 0 aromatic heterocycles. The van der Waals surface area contributed by atoms with E-state index in [1.54, 1.807) is 12.1 Å². The number of nitrogens with zero attached hydrogens (tertiary/aromatic N) is 1. The molecule has 142 valence electrons. The van der Waals surface area contributed by atoms with Crippen molar-refractivity contribution in [2.45, 2.75) is 33.2 Å². The Morgan fingerprint density at radius 3 is 2.59 bits per heavy atom. The van der Waals surface area contributed by atoms with Gasteiger partial charge in [-0.05, 0) is 48.2 Å². The summed E-state index contributed by atoms with van der Waals surface area (Å²) in [5, 5.41) is 6.34. The number of nitrogens with one attached hydrogen (secondary N) is 2. The van der Waals surface area contributed by atoms with Crippen molar-refractivity contribution in [2.24, 2.45) is 5.92 Å². The minimum Gasteiger partial charge on any atom is -0.334 e. The van der Waals surface area contributed by atoms with Crippen LogP contribution < -0.4 is 15.5 Å². The van der Waals surface area contributed by atoms with Crippen molar-refractivity contribution in [3.63, 3.8) is 0 Å². The summed E-state index contributed by atoms with van der Waals surface area (Å²) in [6.45, 7) is 4.94. The van der Waals surface area contributed by atoms with Gasteiger partial charge in [-0.2, -0.15) is 0 Å². The Kier molecular flexibility index (Phi) is 6.01. The molecular weight excluding hydrogens is 362 g/mol. The fraction of sp³-hybridized carbons (Fsp3) is 0.333. The minimum atomic E-state index is -0.289. The van der Waals surface area contributed by atoms with E-state index in [9.17, 15) is 9.59 Å². The van der Waals surface area contributed by atoms with Gasteiger partial charge in [0, 0.05) is 35.4 Å². The summed E-state index contributed by atoms with van der Waals surface area (Å²) >= 11 is 5.87. The van der Waals surface area contributed by atoms with E-state index in [4.69, 9.17) is 11.6 Å². The molecule has 3 amide bonds. The lowest BCUT2D eigenvalue weighted by atomic mass is 9.99. The van der Waals surface area contributed by atoms with Gasteiger partial charge in [-0.3, -0.25) is 4.79 Å². The number of amides is 3. The lowest BCUT2D eigenvalue weighted by Crippen LogP contribution is -2.38. The third-order valence-electron chi connectivity index (χ3n) is 4.59. The summed E-state index contributed by atoms with van der Waals surface area (Å²) in [7, 11) is 0. The maximum absolute atomic E-state index is 12.5. The van der Waals surface area contributed by atoms with Gasteiger partial charge in [-0.1, -0.05) is 43.6 Å². The molecule has 2 aromatic carbocycles. The molecule has 2 aromatic rings. The molecule has 0 unspecified atom stereocenters. The molecule has 0 atom stereocenters. The van der Waals surface area contributed by atoms with Crippen molar-refractivity contribution in [3.05, 3.63) is 58.6 Å². The van der Waals surface area contributed by atoms with Crippen LogP contribution in [0.3, 0.4) is 0 Å². The summed E-state index contributed by atoms with van der Waals surface area (Å²) in [5.41, 5.74) is 3.68. The van der Waals surface area contributed by atoms with Crippen molar-refractivity contribution < 1.29 is 9.59 Å². The van der Waals surface area contributed by atoms with Crippen molar-refractivity contribution >= 4 is 34.9 Å². The van der Waals surface area contributed by atoms with Crippen LogP contribution in [0.25, 0.3) is 0 Å². The number of carbonyl (C=O) groups is 2. The van der Waals surface area contributed by atoms with E-state index in [1.807, 2.05) is 49.1 Å². The maximum atomic E-state index is 12.5. The zero-order chi connectivity index (χ0) is 19.4. The number of hydrogen-bond acceptors (Lipinski definition) is 2. The van der Waals surface area contributed by atoms with Gasteiger partial charge in [-0.25, -0.2) is 4.79 Å². The number of benzene rings is 2. The smallest absolute Gasteiger partial charge is 0.319 e. The van der Waals surface area contributed by atoms with Gasteiger partial charge in [0.25, 0.3) is 0 Å². The minimum absolute atomic E-state index is 0.0600. The van der Waals surface area contributed by atoms with E-state index in [0.717, 1.165) is 36.2 Å². The Labute approximate surface area is 164 Å². The Balaban J connectivity index is 1.67. The molecule has 0 bridgehead atoms. The van der Waals surface area contributed by atoms with Crippen molar-refractivity contribution in [1.29, 1.82) is 0 Å². The zero-order valence-corrected chi connectivity index (χ0v) is 16.3. The van der Waals surface area contributed by atoms with E-state index in [0.29, 0.717) is 17.3 Å². The summed E-state index contributed by atoms with van der Waals surface area (Å²) < 4.78 is 0.